The Morgan fingerprint density at radius 1 is 1.48 bits per heavy atom. The number of nitrogens with zero attached hydrogens (tertiary/aromatic N) is 3. The van der Waals surface area contributed by atoms with E-state index in [0.717, 1.165) is 21.7 Å². The number of fused-ring (bicyclic) bond motifs is 1. The number of amides is 2. The van der Waals surface area contributed by atoms with Crippen molar-refractivity contribution in [2.75, 3.05) is 23.7 Å². The van der Waals surface area contributed by atoms with Crippen molar-refractivity contribution in [3.63, 3.8) is 0 Å². The number of anilines is 2. The number of benzene rings is 1. The number of hydrogen-bond acceptors (Lipinski definition) is 6. The van der Waals surface area contributed by atoms with Gasteiger partial charge in [0.2, 0.25) is 11.8 Å². The van der Waals surface area contributed by atoms with Crippen LogP contribution in [0, 0.1) is 17.4 Å². The van der Waals surface area contributed by atoms with E-state index in [2.05, 4.69) is 21.8 Å². The van der Waals surface area contributed by atoms with Gasteiger partial charge in [0.15, 0.2) is 11.3 Å². The molecule has 1 aromatic heterocycles. The van der Waals surface area contributed by atoms with Gasteiger partial charge in [-0.25, -0.2) is 4.98 Å². The van der Waals surface area contributed by atoms with E-state index < -0.39 is 0 Å². The second-order valence-corrected chi connectivity index (χ2v) is 7.15. The van der Waals surface area contributed by atoms with Crippen LogP contribution in [-0.4, -0.2) is 34.8 Å². The first-order valence-electron chi connectivity index (χ1n) is 7.97. The number of carbonyl (C=O) groups is 2. The number of aromatic nitrogens is 1. The summed E-state index contributed by atoms with van der Waals surface area (Å²) >= 11 is 1.37. The Hall–Kier alpha value is -2.92. The van der Waals surface area contributed by atoms with Gasteiger partial charge in [-0.1, -0.05) is 29.5 Å². The van der Waals surface area contributed by atoms with Crippen molar-refractivity contribution in [1.82, 2.24) is 9.88 Å². The summed E-state index contributed by atoms with van der Waals surface area (Å²) in [5.74, 6) is -0.304. The summed E-state index contributed by atoms with van der Waals surface area (Å²) < 4.78 is 0. The van der Waals surface area contributed by atoms with Crippen molar-refractivity contribution in [2.45, 2.75) is 12.8 Å². The highest BCUT2D eigenvalue weighted by molar-refractivity contribution is 7.19. The van der Waals surface area contributed by atoms with Crippen molar-refractivity contribution in [1.29, 1.82) is 5.26 Å². The minimum atomic E-state index is -0.188. The topological polar surface area (TPSA) is 98.1 Å². The summed E-state index contributed by atoms with van der Waals surface area (Å²) in [5.41, 5.74) is 2.72. The van der Waals surface area contributed by atoms with Gasteiger partial charge in [0, 0.05) is 24.8 Å². The smallest absolute Gasteiger partial charge is 0.231 e. The molecule has 2 amide bonds. The molecular weight excluding hydrogens is 338 g/mol. The normalized spacial score (nSPS) is 18.6. The molecule has 0 aliphatic carbocycles. The van der Waals surface area contributed by atoms with E-state index in [-0.39, 0.29) is 17.7 Å². The summed E-state index contributed by atoms with van der Waals surface area (Å²) in [4.78, 5) is 30.7. The Bertz CT molecular complexity index is 901. The van der Waals surface area contributed by atoms with Crippen LogP contribution in [0.4, 0.5) is 10.8 Å². The zero-order valence-corrected chi connectivity index (χ0v) is 14.1. The average Bonchev–Trinajstić information content (AvgIpc) is 3.32. The zero-order valence-electron chi connectivity index (χ0n) is 13.3. The van der Waals surface area contributed by atoms with Crippen LogP contribution >= 0.6 is 11.3 Å². The molecule has 7 nitrogen and oxygen atoms in total. The van der Waals surface area contributed by atoms with Gasteiger partial charge in [0.25, 0.3) is 0 Å². The van der Waals surface area contributed by atoms with Gasteiger partial charge in [-0.3, -0.25) is 9.59 Å². The van der Waals surface area contributed by atoms with Gasteiger partial charge in [0.1, 0.15) is 0 Å². The number of carbonyl (C=O) groups excluding carboxylic acids is 2. The van der Waals surface area contributed by atoms with Crippen molar-refractivity contribution >= 4 is 34.0 Å². The van der Waals surface area contributed by atoms with E-state index in [9.17, 15) is 9.59 Å². The molecule has 8 heteroatoms. The predicted octanol–water partition coefficient (Wildman–Crippen LogP) is 2.05. The summed E-state index contributed by atoms with van der Waals surface area (Å²) in [5, 5.41) is 15.1. The van der Waals surface area contributed by atoms with Gasteiger partial charge < -0.3 is 15.5 Å². The number of likely N-dealkylation sites (tertiary alicyclic amines) is 1. The number of thiazole rings is 1. The Kier molecular flexibility index (Phi) is 3.86. The van der Waals surface area contributed by atoms with Crippen molar-refractivity contribution in [3.8, 4) is 16.6 Å². The molecule has 0 unspecified atom stereocenters. The molecule has 1 aromatic carbocycles. The second kappa shape index (κ2) is 6.18. The molecule has 25 heavy (non-hydrogen) atoms. The Balaban J connectivity index is 1.50. The molecule has 126 valence electrons. The van der Waals surface area contributed by atoms with Crippen molar-refractivity contribution in [2.24, 2.45) is 5.92 Å². The van der Waals surface area contributed by atoms with E-state index in [1.54, 1.807) is 11.1 Å². The standard InChI is InChI=1S/C17H15N5O2S/c18-9-22-5-4-11(8-22)16(24)21-17-19-7-13(25-17)12-3-1-2-10-6-14(23)20-15(10)12/h1-3,7,11H,4-6,8H2,(H,20,23)(H,19,21,24)/t11-/m0/s1. The molecular formula is C17H15N5O2S. The Morgan fingerprint density at radius 3 is 3.16 bits per heavy atom. The summed E-state index contributed by atoms with van der Waals surface area (Å²) in [7, 11) is 0. The molecule has 0 saturated carbocycles. The average molecular weight is 353 g/mol. The molecule has 0 radical (unpaired) electrons. The Morgan fingerprint density at radius 2 is 2.36 bits per heavy atom. The van der Waals surface area contributed by atoms with Gasteiger partial charge in [0.05, 0.1) is 22.9 Å². The maximum atomic E-state index is 12.3. The molecule has 2 aromatic rings. The summed E-state index contributed by atoms with van der Waals surface area (Å²) in [6.07, 6.45) is 4.84. The fourth-order valence-electron chi connectivity index (χ4n) is 3.19. The van der Waals surface area contributed by atoms with Crippen LogP contribution in [0.15, 0.2) is 24.4 Å². The first-order chi connectivity index (χ1) is 12.1. The van der Waals surface area contributed by atoms with E-state index in [1.165, 1.54) is 11.3 Å². The molecule has 1 fully saturated rings. The molecule has 1 atom stereocenters. The van der Waals surface area contributed by atoms with Crippen molar-refractivity contribution < 1.29 is 9.59 Å². The van der Waals surface area contributed by atoms with Crippen LogP contribution in [0.3, 0.4) is 0 Å². The van der Waals surface area contributed by atoms with Gasteiger partial charge in [-0.05, 0) is 12.0 Å². The van der Waals surface area contributed by atoms with Gasteiger partial charge in [-0.2, -0.15) is 5.26 Å². The summed E-state index contributed by atoms with van der Waals surface area (Å²) in [6.45, 7) is 1.08. The molecule has 0 spiro atoms. The van der Waals surface area contributed by atoms with Crippen LogP contribution in [0.1, 0.15) is 12.0 Å². The maximum absolute atomic E-state index is 12.3. The second-order valence-electron chi connectivity index (χ2n) is 6.12. The molecule has 2 N–H and O–H groups in total. The molecule has 3 heterocycles. The highest BCUT2D eigenvalue weighted by Crippen LogP contribution is 2.38. The lowest BCUT2D eigenvalue weighted by molar-refractivity contribution is -0.119. The third-order valence-electron chi connectivity index (χ3n) is 4.47. The highest BCUT2D eigenvalue weighted by atomic mass is 32.1. The number of rotatable bonds is 3. The number of nitrogens with one attached hydrogen (secondary N) is 2. The van der Waals surface area contributed by atoms with Gasteiger partial charge in [-0.15, -0.1) is 0 Å². The van der Waals surface area contributed by atoms with Crippen LogP contribution in [-0.2, 0) is 16.0 Å². The fourth-order valence-corrected chi connectivity index (χ4v) is 4.04. The summed E-state index contributed by atoms with van der Waals surface area (Å²) in [6, 6.07) is 5.79. The lowest BCUT2D eigenvalue weighted by Gasteiger charge is -2.08. The van der Waals surface area contributed by atoms with Crippen LogP contribution in [0.2, 0.25) is 0 Å². The molecule has 0 bridgehead atoms. The minimum Gasteiger partial charge on any atom is -0.325 e. The molecule has 2 aliphatic heterocycles. The number of nitriles is 1. The molecule has 2 aliphatic rings. The van der Waals surface area contributed by atoms with Crippen molar-refractivity contribution in [3.05, 3.63) is 30.0 Å². The van der Waals surface area contributed by atoms with E-state index in [0.29, 0.717) is 31.1 Å². The van der Waals surface area contributed by atoms with Gasteiger partial charge >= 0.3 is 0 Å². The number of hydrogen-bond donors (Lipinski definition) is 2. The first kappa shape index (κ1) is 15.6. The van der Waals surface area contributed by atoms with Crippen LogP contribution in [0.5, 0.6) is 0 Å². The quantitative estimate of drug-likeness (QED) is 0.823. The predicted molar refractivity (Wildman–Crippen MR) is 93.8 cm³/mol. The lowest BCUT2D eigenvalue weighted by atomic mass is 10.1. The molecule has 1 saturated heterocycles. The zero-order chi connectivity index (χ0) is 17.4. The maximum Gasteiger partial charge on any atom is 0.231 e. The third kappa shape index (κ3) is 2.94. The highest BCUT2D eigenvalue weighted by Gasteiger charge is 2.28. The minimum absolute atomic E-state index is 0.0104. The van der Waals surface area contributed by atoms with Crippen LogP contribution in [0.25, 0.3) is 10.4 Å². The van der Waals surface area contributed by atoms with E-state index in [1.807, 2.05) is 18.2 Å². The van der Waals surface area contributed by atoms with Crippen LogP contribution < -0.4 is 10.6 Å². The number of para-hydroxylation sites is 1. The largest absolute Gasteiger partial charge is 0.325 e. The van der Waals surface area contributed by atoms with E-state index >= 15 is 0 Å². The fraction of sp³-hybridized carbons (Fsp3) is 0.294. The van der Waals surface area contributed by atoms with E-state index in [4.69, 9.17) is 5.26 Å². The monoisotopic (exact) mass is 353 g/mol. The SMILES string of the molecule is N#CN1CC[C@H](C(=O)Nc2ncc(-c3cccc4c3NC(=O)C4)s2)C1. The molecule has 4 rings (SSSR count). The third-order valence-corrected chi connectivity index (χ3v) is 5.41. The lowest BCUT2D eigenvalue weighted by Crippen LogP contribution is -2.25. The first-order valence-corrected chi connectivity index (χ1v) is 8.79. The Labute approximate surface area is 148 Å².